The normalized spacial score (nSPS) is 17.1. The molecule has 5 heteroatoms. The second kappa shape index (κ2) is 6.61. The van der Waals surface area contributed by atoms with Crippen molar-refractivity contribution in [2.45, 2.75) is 32.2 Å². The maximum atomic E-state index is 12.1. The Morgan fingerprint density at radius 2 is 1.86 bits per heavy atom. The van der Waals surface area contributed by atoms with E-state index in [0.29, 0.717) is 32.5 Å². The summed E-state index contributed by atoms with van der Waals surface area (Å²) in [5, 5.41) is 3.36. The summed E-state index contributed by atoms with van der Waals surface area (Å²) in [6.45, 7) is 4.82. The number of para-hydroxylation sites is 1. The number of piperidine rings is 1. The number of nitrogens with one attached hydrogen (secondary N) is 1. The molecule has 1 amide bonds. The molecule has 0 spiro atoms. The van der Waals surface area contributed by atoms with Gasteiger partial charge in [-0.2, -0.15) is 0 Å². The summed E-state index contributed by atoms with van der Waals surface area (Å²) in [4.78, 5) is 25.5. The SMILES string of the molecule is CCOC(=O)N1CCC(Nc2ccccc2)(C(C)=O)CC1. The summed E-state index contributed by atoms with van der Waals surface area (Å²) in [6, 6.07) is 9.70. The van der Waals surface area contributed by atoms with Gasteiger partial charge in [0, 0.05) is 18.8 Å². The number of ether oxygens (including phenoxy) is 1. The van der Waals surface area contributed by atoms with Crippen molar-refractivity contribution in [3.63, 3.8) is 0 Å². The molecule has 1 fully saturated rings. The Bertz CT molecular complexity index is 494. The summed E-state index contributed by atoms with van der Waals surface area (Å²) in [5.41, 5.74) is 0.335. The van der Waals surface area contributed by atoms with E-state index < -0.39 is 5.54 Å². The average Bonchev–Trinajstić information content (AvgIpc) is 2.49. The van der Waals surface area contributed by atoms with Crippen LogP contribution in [0.4, 0.5) is 10.5 Å². The van der Waals surface area contributed by atoms with E-state index >= 15 is 0 Å². The Morgan fingerprint density at radius 3 is 2.38 bits per heavy atom. The molecule has 5 nitrogen and oxygen atoms in total. The zero-order valence-corrected chi connectivity index (χ0v) is 12.6. The molecule has 1 heterocycles. The van der Waals surface area contributed by atoms with Crippen LogP contribution in [0.2, 0.25) is 0 Å². The minimum absolute atomic E-state index is 0.106. The van der Waals surface area contributed by atoms with Crippen LogP contribution in [0.1, 0.15) is 26.7 Å². The molecule has 1 N–H and O–H groups in total. The smallest absolute Gasteiger partial charge is 0.409 e. The fourth-order valence-electron chi connectivity index (χ4n) is 2.65. The van der Waals surface area contributed by atoms with Gasteiger partial charge >= 0.3 is 6.09 Å². The van der Waals surface area contributed by atoms with Gasteiger partial charge in [0.05, 0.1) is 12.1 Å². The van der Waals surface area contributed by atoms with E-state index in [4.69, 9.17) is 4.74 Å². The number of rotatable bonds is 4. The summed E-state index contributed by atoms with van der Waals surface area (Å²) in [5.74, 6) is 0.106. The number of benzene rings is 1. The summed E-state index contributed by atoms with van der Waals surface area (Å²) >= 11 is 0. The van der Waals surface area contributed by atoms with Gasteiger partial charge in [-0.05, 0) is 38.8 Å². The minimum Gasteiger partial charge on any atom is -0.450 e. The van der Waals surface area contributed by atoms with Gasteiger partial charge in [-0.3, -0.25) is 4.79 Å². The van der Waals surface area contributed by atoms with Crippen LogP contribution in [0, 0.1) is 0 Å². The first-order valence-corrected chi connectivity index (χ1v) is 7.33. The molecule has 21 heavy (non-hydrogen) atoms. The maximum absolute atomic E-state index is 12.1. The molecule has 0 bridgehead atoms. The number of likely N-dealkylation sites (tertiary alicyclic amines) is 1. The van der Waals surface area contributed by atoms with Crippen LogP contribution in [-0.4, -0.2) is 42.0 Å². The Labute approximate surface area is 125 Å². The van der Waals surface area contributed by atoms with Crippen molar-refractivity contribution in [3.05, 3.63) is 30.3 Å². The second-order valence-electron chi connectivity index (χ2n) is 5.32. The van der Waals surface area contributed by atoms with Crippen molar-refractivity contribution in [1.29, 1.82) is 0 Å². The number of amides is 1. The summed E-state index contributed by atoms with van der Waals surface area (Å²) < 4.78 is 5.01. The number of nitrogens with zero attached hydrogens (tertiary/aromatic N) is 1. The third kappa shape index (κ3) is 3.54. The molecule has 0 saturated carbocycles. The van der Waals surface area contributed by atoms with E-state index in [-0.39, 0.29) is 11.9 Å². The molecule has 0 aromatic heterocycles. The van der Waals surface area contributed by atoms with Crippen LogP contribution in [0.3, 0.4) is 0 Å². The van der Waals surface area contributed by atoms with Crippen molar-refractivity contribution in [1.82, 2.24) is 4.90 Å². The first-order valence-electron chi connectivity index (χ1n) is 7.33. The molecule has 1 aromatic carbocycles. The molecule has 0 radical (unpaired) electrons. The number of hydrogen-bond acceptors (Lipinski definition) is 4. The summed E-state index contributed by atoms with van der Waals surface area (Å²) in [7, 11) is 0. The van der Waals surface area contributed by atoms with Gasteiger partial charge in [0.25, 0.3) is 0 Å². The molecule has 1 aromatic rings. The van der Waals surface area contributed by atoms with Crippen LogP contribution in [0.25, 0.3) is 0 Å². The number of carbonyl (C=O) groups excluding carboxylic acids is 2. The fourth-order valence-corrected chi connectivity index (χ4v) is 2.65. The monoisotopic (exact) mass is 290 g/mol. The third-order valence-electron chi connectivity index (χ3n) is 3.97. The Hall–Kier alpha value is -2.04. The molecule has 0 atom stereocenters. The maximum Gasteiger partial charge on any atom is 0.409 e. The topological polar surface area (TPSA) is 58.6 Å². The van der Waals surface area contributed by atoms with Gasteiger partial charge in [0.1, 0.15) is 0 Å². The summed E-state index contributed by atoms with van der Waals surface area (Å²) in [6.07, 6.45) is 0.890. The van der Waals surface area contributed by atoms with E-state index in [9.17, 15) is 9.59 Å². The standard InChI is InChI=1S/C16H22N2O3/c1-3-21-15(20)18-11-9-16(10-12-18,13(2)19)17-14-7-5-4-6-8-14/h4-8,17H,3,9-12H2,1-2H3. The minimum atomic E-state index is -0.593. The highest BCUT2D eigenvalue weighted by molar-refractivity contribution is 5.89. The first kappa shape index (κ1) is 15.4. The van der Waals surface area contributed by atoms with E-state index in [1.807, 2.05) is 30.3 Å². The van der Waals surface area contributed by atoms with Crippen molar-refractivity contribution in [2.24, 2.45) is 0 Å². The van der Waals surface area contributed by atoms with E-state index in [2.05, 4.69) is 5.32 Å². The lowest BCUT2D eigenvalue weighted by atomic mass is 9.83. The van der Waals surface area contributed by atoms with Crippen molar-refractivity contribution in [2.75, 3.05) is 25.0 Å². The molecule has 114 valence electrons. The Morgan fingerprint density at radius 1 is 1.24 bits per heavy atom. The number of ketones is 1. The highest BCUT2D eigenvalue weighted by atomic mass is 16.6. The predicted octanol–water partition coefficient (Wildman–Crippen LogP) is 2.68. The third-order valence-corrected chi connectivity index (χ3v) is 3.97. The lowest BCUT2D eigenvalue weighted by Gasteiger charge is -2.40. The lowest BCUT2D eigenvalue weighted by Crippen LogP contribution is -2.54. The van der Waals surface area contributed by atoms with E-state index in [1.165, 1.54) is 0 Å². The molecule has 1 saturated heterocycles. The van der Waals surface area contributed by atoms with E-state index in [1.54, 1.807) is 18.7 Å². The molecule has 1 aliphatic rings. The van der Waals surface area contributed by atoms with Crippen LogP contribution in [0.15, 0.2) is 30.3 Å². The van der Waals surface area contributed by atoms with Crippen LogP contribution >= 0.6 is 0 Å². The zero-order valence-electron chi connectivity index (χ0n) is 12.6. The Balaban J connectivity index is 2.05. The number of Topliss-reactive ketones (excluding diaryl/α,β-unsaturated/α-hetero) is 1. The highest BCUT2D eigenvalue weighted by Crippen LogP contribution is 2.28. The van der Waals surface area contributed by atoms with Gasteiger partial charge in [-0.15, -0.1) is 0 Å². The van der Waals surface area contributed by atoms with Crippen LogP contribution in [0.5, 0.6) is 0 Å². The molecule has 1 aliphatic heterocycles. The van der Waals surface area contributed by atoms with Crippen LogP contribution < -0.4 is 5.32 Å². The second-order valence-corrected chi connectivity index (χ2v) is 5.32. The van der Waals surface area contributed by atoms with Crippen molar-refractivity contribution in [3.8, 4) is 0 Å². The first-order chi connectivity index (χ1) is 10.1. The van der Waals surface area contributed by atoms with Gasteiger partial charge in [-0.1, -0.05) is 18.2 Å². The average molecular weight is 290 g/mol. The Kier molecular flexibility index (Phi) is 4.83. The van der Waals surface area contributed by atoms with Gasteiger partial charge < -0.3 is 15.0 Å². The molecular weight excluding hydrogens is 268 g/mol. The number of hydrogen-bond donors (Lipinski definition) is 1. The largest absolute Gasteiger partial charge is 0.450 e. The van der Waals surface area contributed by atoms with Gasteiger partial charge in [-0.25, -0.2) is 4.79 Å². The van der Waals surface area contributed by atoms with E-state index in [0.717, 1.165) is 5.69 Å². The molecular formula is C16H22N2O3. The van der Waals surface area contributed by atoms with Crippen LogP contribution in [-0.2, 0) is 9.53 Å². The zero-order chi connectivity index (χ0) is 15.3. The number of anilines is 1. The van der Waals surface area contributed by atoms with Crippen molar-refractivity contribution >= 4 is 17.6 Å². The highest BCUT2D eigenvalue weighted by Gasteiger charge is 2.40. The van der Waals surface area contributed by atoms with Crippen molar-refractivity contribution < 1.29 is 14.3 Å². The lowest BCUT2D eigenvalue weighted by molar-refractivity contribution is -0.122. The fraction of sp³-hybridized carbons (Fsp3) is 0.500. The van der Waals surface area contributed by atoms with Gasteiger partial charge in [0.2, 0.25) is 0 Å². The molecule has 0 aliphatic carbocycles. The van der Waals surface area contributed by atoms with Gasteiger partial charge in [0.15, 0.2) is 5.78 Å². The molecule has 0 unspecified atom stereocenters. The quantitative estimate of drug-likeness (QED) is 0.926. The number of carbonyl (C=O) groups is 2. The predicted molar refractivity (Wildman–Crippen MR) is 81.3 cm³/mol. The molecule has 2 rings (SSSR count).